The van der Waals surface area contributed by atoms with Crippen LogP contribution in [-0.4, -0.2) is 33.7 Å². The number of ether oxygens (including phenoxy) is 2. The number of methoxy groups -OCH3 is 1. The molecular formula is C23H26ClNO5S. The monoisotopic (exact) mass is 463 g/mol. The summed E-state index contributed by atoms with van der Waals surface area (Å²) in [5.41, 5.74) is 0.572. The maximum absolute atomic E-state index is 12.8. The molecule has 6 nitrogen and oxygen atoms in total. The van der Waals surface area contributed by atoms with Crippen molar-refractivity contribution in [2.24, 2.45) is 0 Å². The molecule has 166 valence electrons. The number of halogens is 1. The first-order valence-corrected chi connectivity index (χ1v) is 11.5. The predicted octanol–water partition coefficient (Wildman–Crippen LogP) is 4.58. The van der Waals surface area contributed by atoms with Crippen LogP contribution in [0.5, 0.6) is 0 Å². The van der Waals surface area contributed by atoms with E-state index in [1.165, 1.54) is 7.11 Å². The van der Waals surface area contributed by atoms with Crippen molar-refractivity contribution >= 4 is 33.3 Å². The van der Waals surface area contributed by atoms with Crippen LogP contribution in [-0.2, 0) is 24.3 Å². The smallest absolute Gasteiger partial charge is 0.337 e. The molecule has 0 saturated heterocycles. The number of anilines is 1. The van der Waals surface area contributed by atoms with Gasteiger partial charge in [-0.3, -0.25) is 4.72 Å². The van der Waals surface area contributed by atoms with Gasteiger partial charge >= 0.3 is 5.97 Å². The number of rotatable bonds is 7. The molecule has 0 radical (unpaired) electrons. The van der Waals surface area contributed by atoms with Gasteiger partial charge in [-0.05, 0) is 55.7 Å². The maximum Gasteiger partial charge on any atom is 0.337 e. The number of carbonyl (C=O) groups excluding carboxylic acids is 1. The van der Waals surface area contributed by atoms with Crippen molar-refractivity contribution in [2.75, 3.05) is 18.4 Å². The molecule has 1 N–H and O–H groups in total. The Morgan fingerprint density at radius 1 is 1.16 bits per heavy atom. The van der Waals surface area contributed by atoms with Gasteiger partial charge in [0.25, 0.3) is 10.0 Å². The Bertz CT molecular complexity index is 1100. The second-order valence-corrected chi connectivity index (χ2v) is 9.73. The van der Waals surface area contributed by atoms with Gasteiger partial charge in [-0.1, -0.05) is 49.4 Å². The van der Waals surface area contributed by atoms with E-state index in [0.29, 0.717) is 16.5 Å². The minimum atomic E-state index is -3.81. The molecular weight excluding hydrogens is 438 g/mol. The van der Waals surface area contributed by atoms with E-state index < -0.39 is 21.6 Å². The van der Waals surface area contributed by atoms with Gasteiger partial charge in [0, 0.05) is 5.02 Å². The van der Waals surface area contributed by atoms with Crippen LogP contribution in [0, 0.1) is 11.8 Å². The van der Waals surface area contributed by atoms with Gasteiger partial charge < -0.3 is 9.47 Å². The van der Waals surface area contributed by atoms with Gasteiger partial charge in [0.1, 0.15) is 6.61 Å². The van der Waals surface area contributed by atoms with Gasteiger partial charge in [0.05, 0.1) is 23.3 Å². The van der Waals surface area contributed by atoms with Gasteiger partial charge in [-0.2, -0.15) is 0 Å². The third-order valence-electron chi connectivity index (χ3n) is 4.49. The summed E-state index contributed by atoms with van der Waals surface area (Å²) in [6.07, 6.45) is 0. The van der Waals surface area contributed by atoms with E-state index >= 15 is 0 Å². The van der Waals surface area contributed by atoms with Crippen LogP contribution in [0.3, 0.4) is 0 Å². The lowest BCUT2D eigenvalue weighted by Gasteiger charge is -2.20. The number of nitrogens with one attached hydrogen (secondary N) is 1. The van der Waals surface area contributed by atoms with Crippen LogP contribution < -0.4 is 4.72 Å². The van der Waals surface area contributed by atoms with E-state index in [-0.39, 0.29) is 17.2 Å². The lowest BCUT2D eigenvalue weighted by atomic mass is 10.0. The molecule has 0 bridgehead atoms. The molecule has 2 rings (SSSR count). The Kier molecular flexibility index (Phi) is 8.13. The first-order valence-electron chi connectivity index (χ1n) is 9.60. The van der Waals surface area contributed by atoms with E-state index in [9.17, 15) is 13.2 Å². The van der Waals surface area contributed by atoms with Crippen molar-refractivity contribution in [3.05, 3.63) is 58.6 Å². The molecule has 0 saturated carbocycles. The van der Waals surface area contributed by atoms with E-state index in [0.717, 1.165) is 5.56 Å². The third-order valence-corrected chi connectivity index (χ3v) is 6.10. The molecule has 2 aromatic carbocycles. The molecule has 0 aliphatic rings. The quantitative estimate of drug-likeness (QED) is 0.480. The minimum absolute atomic E-state index is 0.0581. The fourth-order valence-corrected chi connectivity index (χ4v) is 3.85. The van der Waals surface area contributed by atoms with Crippen LogP contribution in [0.15, 0.2) is 47.4 Å². The molecule has 0 heterocycles. The van der Waals surface area contributed by atoms with Crippen molar-refractivity contribution in [2.45, 2.75) is 44.1 Å². The number of sulfonamides is 1. The zero-order valence-corrected chi connectivity index (χ0v) is 19.7. The maximum atomic E-state index is 12.8. The second-order valence-electron chi connectivity index (χ2n) is 7.61. The Labute approximate surface area is 189 Å². The largest absolute Gasteiger partial charge is 0.467 e. The van der Waals surface area contributed by atoms with Gasteiger partial charge in [0.15, 0.2) is 5.60 Å². The highest BCUT2D eigenvalue weighted by molar-refractivity contribution is 7.92. The fraction of sp³-hybridized carbons (Fsp3) is 0.348. The summed E-state index contributed by atoms with van der Waals surface area (Å²) in [4.78, 5) is 11.8. The summed E-state index contributed by atoms with van der Waals surface area (Å²) in [7, 11) is -2.54. The molecule has 0 fully saturated rings. The van der Waals surface area contributed by atoms with E-state index in [2.05, 4.69) is 21.3 Å². The molecule has 0 aliphatic carbocycles. The average Bonchev–Trinajstić information content (AvgIpc) is 2.72. The van der Waals surface area contributed by atoms with Crippen LogP contribution in [0.1, 0.15) is 44.7 Å². The summed E-state index contributed by atoms with van der Waals surface area (Å²) in [5.74, 6) is 5.40. The average molecular weight is 464 g/mol. The Morgan fingerprint density at radius 2 is 1.81 bits per heavy atom. The van der Waals surface area contributed by atoms with Crippen LogP contribution in [0.2, 0.25) is 5.02 Å². The minimum Gasteiger partial charge on any atom is -0.467 e. The molecule has 0 unspecified atom stereocenters. The Hall–Kier alpha value is -2.53. The highest BCUT2D eigenvalue weighted by atomic mass is 35.5. The number of hydrogen-bond donors (Lipinski definition) is 1. The molecule has 0 spiro atoms. The van der Waals surface area contributed by atoms with Crippen LogP contribution >= 0.6 is 11.6 Å². The van der Waals surface area contributed by atoms with Gasteiger partial charge in [-0.25, -0.2) is 13.2 Å². The molecule has 8 heteroatoms. The van der Waals surface area contributed by atoms with Crippen molar-refractivity contribution in [1.29, 1.82) is 0 Å². The lowest BCUT2D eigenvalue weighted by Crippen LogP contribution is -2.36. The number of carbonyl (C=O) groups is 1. The third kappa shape index (κ3) is 6.73. The van der Waals surface area contributed by atoms with Crippen molar-refractivity contribution in [3.63, 3.8) is 0 Å². The van der Waals surface area contributed by atoms with Gasteiger partial charge in [0.2, 0.25) is 0 Å². The normalized spacial score (nSPS) is 11.6. The highest BCUT2D eigenvalue weighted by Gasteiger charge is 2.29. The van der Waals surface area contributed by atoms with E-state index in [1.54, 1.807) is 56.3 Å². The zero-order valence-electron chi connectivity index (χ0n) is 18.2. The molecule has 0 aromatic heterocycles. The van der Waals surface area contributed by atoms with E-state index in [4.69, 9.17) is 16.3 Å². The molecule has 31 heavy (non-hydrogen) atoms. The van der Waals surface area contributed by atoms with Crippen molar-refractivity contribution in [3.8, 4) is 11.8 Å². The first-order chi connectivity index (χ1) is 14.5. The molecule has 0 amide bonds. The van der Waals surface area contributed by atoms with Crippen LogP contribution in [0.4, 0.5) is 5.69 Å². The zero-order chi connectivity index (χ0) is 23.2. The molecule has 0 aliphatic heterocycles. The van der Waals surface area contributed by atoms with Gasteiger partial charge in [-0.15, -0.1) is 0 Å². The first kappa shape index (κ1) is 24.7. The standard InChI is InChI=1S/C23H26ClNO5S/c1-16(2)17-8-11-20(12-9-17)31(27,28)25-21-13-10-19(24)15-18(21)7-6-14-30-23(3,4)22(26)29-5/h8-13,15-16,25H,14H2,1-5H3. The molecule has 2 aromatic rings. The number of esters is 1. The van der Waals surface area contributed by atoms with Crippen molar-refractivity contribution < 1.29 is 22.7 Å². The summed E-state index contributed by atoms with van der Waals surface area (Å²) in [6.45, 7) is 7.17. The SMILES string of the molecule is COC(=O)C(C)(C)OCC#Cc1cc(Cl)ccc1NS(=O)(=O)c1ccc(C(C)C)cc1. The highest BCUT2D eigenvalue weighted by Crippen LogP contribution is 2.24. The summed E-state index contributed by atoms with van der Waals surface area (Å²) >= 11 is 6.06. The summed E-state index contributed by atoms with van der Waals surface area (Å²) < 4.78 is 38.3. The topological polar surface area (TPSA) is 81.7 Å². The summed E-state index contributed by atoms with van der Waals surface area (Å²) in [6, 6.07) is 11.4. The predicted molar refractivity (Wildman–Crippen MR) is 122 cm³/mol. The lowest BCUT2D eigenvalue weighted by molar-refractivity contribution is -0.163. The van der Waals surface area contributed by atoms with Crippen molar-refractivity contribution in [1.82, 2.24) is 0 Å². The summed E-state index contributed by atoms with van der Waals surface area (Å²) in [5, 5.41) is 0.407. The Morgan fingerprint density at radius 3 is 2.39 bits per heavy atom. The number of benzene rings is 2. The number of hydrogen-bond acceptors (Lipinski definition) is 5. The fourth-order valence-electron chi connectivity index (χ4n) is 2.60. The molecule has 0 atom stereocenters. The van der Waals surface area contributed by atoms with Crippen LogP contribution in [0.25, 0.3) is 0 Å². The Balaban J connectivity index is 2.23. The second kappa shape index (κ2) is 10.2. The van der Waals surface area contributed by atoms with E-state index in [1.807, 2.05) is 13.8 Å².